The van der Waals surface area contributed by atoms with E-state index in [2.05, 4.69) is 32.3 Å². The van der Waals surface area contributed by atoms with E-state index in [1.54, 1.807) is 20.4 Å². The van der Waals surface area contributed by atoms with Crippen molar-refractivity contribution in [1.82, 2.24) is 15.2 Å². The van der Waals surface area contributed by atoms with E-state index in [4.69, 9.17) is 9.47 Å². The second-order valence-corrected chi connectivity index (χ2v) is 5.54. The number of ether oxygens (including phenoxy) is 2. The van der Waals surface area contributed by atoms with E-state index in [0.717, 1.165) is 23.8 Å². The number of aromatic nitrogens is 1. The van der Waals surface area contributed by atoms with Crippen molar-refractivity contribution < 1.29 is 9.47 Å². The summed E-state index contributed by atoms with van der Waals surface area (Å²) in [5, 5.41) is 3.36. The van der Waals surface area contributed by atoms with Gasteiger partial charge in [0.2, 0.25) is 5.88 Å². The van der Waals surface area contributed by atoms with Gasteiger partial charge in [0.15, 0.2) is 5.96 Å². The number of aliphatic imine (C=N–C) groups is 1. The first-order valence-corrected chi connectivity index (χ1v) is 8.28. The van der Waals surface area contributed by atoms with Crippen LogP contribution in [0.3, 0.4) is 0 Å². The number of nitrogens with zero attached hydrogens (tertiary/aromatic N) is 3. The van der Waals surface area contributed by atoms with Crippen LogP contribution in [0.2, 0.25) is 0 Å². The third kappa shape index (κ3) is 5.67. The van der Waals surface area contributed by atoms with Gasteiger partial charge < -0.3 is 19.7 Å². The van der Waals surface area contributed by atoms with Crippen molar-refractivity contribution in [3.63, 3.8) is 0 Å². The molecule has 1 aromatic heterocycles. The van der Waals surface area contributed by atoms with Crippen LogP contribution in [0.15, 0.2) is 47.6 Å². The van der Waals surface area contributed by atoms with Crippen molar-refractivity contribution in [3.8, 4) is 11.6 Å². The lowest BCUT2D eigenvalue weighted by Crippen LogP contribution is -2.38. The van der Waals surface area contributed by atoms with Crippen LogP contribution < -0.4 is 14.8 Å². The Morgan fingerprint density at radius 3 is 2.60 bits per heavy atom. The fourth-order valence-electron chi connectivity index (χ4n) is 2.44. The van der Waals surface area contributed by atoms with Gasteiger partial charge >= 0.3 is 0 Å². The molecule has 0 fully saturated rings. The first-order chi connectivity index (χ1) is 12.2. The third-order valence-electron chi connectivity index (χ3n) is 3.69. The van der Waals surface area contributed by atoms with Crippen molar-refractivity contribution in [2.24, 2.45) is 4.99 Å². The minimum Gasteiger partial charge on any atom is -0.494 e. The number of hydrogen-bond acceptors (Lipinski definition) is 4. The fourth-order valence-corrected chi connectivity index (χ4v) is 2.44. The average Bonchev–Trinajstić information content (AvgIpc) is 2.64. The Hall–Kier alpha value is -2.76. The molecule has 0 radical (unpaired) electrons. The topological polar surface area (TPSA) is 59.0 Å². The molecule has 0 aliphatic carbocycles. The predicted molar refractivity (Wildman–Crippen MR) is 100 cm³/mol. The second-order valence-electron chi connectivity index (χ2n) is 5.54. The van der Waals surface area contributed by atoms with Gasteiger partial charge in [0.1, 0.15) is 5.75 Å². The highest BCUT2D eigenvalue weighted by atomic mass is 16.5. The minimum absolute atomic E-state index is 0.608. The first-order valence-electron chi connectivity index (χ1n) is 8.28. The molecule has 0 saturated heterocycles. The van der Waals surface area contributed by atoms with Crippen LogP contribution in [0.1, 0.15) is 18.1 Å². The number of hydrogen-bond donors (Lipinski definition) is 1. The Morgan fingerprint density at radius 2 is 1.96 bits per heavy atom. The van der Waals surface area contributed by atoms with Gasteiger partial charge in [0.25, 0.3) is 0 Å². The summed E-state index contributed by atoms with van der Waals surface area (Å²) in [5.41, 5.74) is 2.28. The van der Waals surface area contributed by atoms with Crippen LogP contribution in [0.5, 0.6) is 11.6 Å². The van der Waals surface area contributed by atoms with Crippen molar-refractivity contribution in [1.29, 1.82) is 0 Å². The molecule has 0 aliphatic rings. The lowest BCUT2D eigenvalue weighted by atomic mass is 10.2. The molecule has 6 heteroatoms. The molecule has 0 saturated carbocycles. The molecule has 1 aromatic carbocycles. The molecule has 1 N–H and O–H groups in total. The number of benzene rings is 1. The number of nitrogens with one attached hydrogen (secondary N) is 1. The highest BCUT2D eigenvalue weighted by molar-refractivity contribution is 5.79. The molecule has 0 atom stereocenters. The zero-order valence-corrected chi connectivity index (χ0v) is 15.3. The maximum atomic E-state index is 5.48. The van der Waals surface area contributed by atoms with Crippen molar-refractivity contribution in [2.75, 3.05) is 27.8 Å². The standard InChI is InChI=1S/C19H26N4O2/c1-5-25-17-8-6-15(7-9-17)14-23(3)19(20-2)22-13-16-10-11-21-18(12-16)24-4/h6-12H,5,13-14H2,1-4H3,(H,20,22). The Kier molecular flexibility index (Phi) is 7.07. The zero-order chi connectivity index (χ0) is 18.1. The number of rotatable bonds is 7. The highest BCUT2D eigenvalue weighted by Crippen LogP contribution is 2.13. The lowest BCUT2D eigenvalue weighted by Gasteiger charge is -2.22. The summed E-state index contributed by atoms with van der Waals surface area (Å²) >= 11 is 0. The Morgan fingerprint density at radius 1 is 1.20 bits per heavy atom. The van der Waals surface area contributed by atoms with E-state index in [0.29, 0.717) is 19.0 Å². The first kappa shape index (κ1) is 18.6. The Labute approximate surface area is 149 Å². The van der Waals surface area contributed by atoms with Gasteiger partial charge in [-0.2, -0.15) is 0 Å². The van der Waals surface area contributed by atoms with E-state index >= 15 is 0 Å². The molecule has 0 bridgehead atoms. The molecule has 6 nitrogen and oxygen atoms in total. The van der Waals surface area contributed by atoms with E-state index in [1.807, 2.05) is 38.2 Å². The van der Waals surface area contributed by atoms with E-state index in [-0.39, 0.29) is 0 Å². The average molecular weight is 342 g/mol. The summed E-state index contributed by atoms with van der Waals surface area (Å²) in [7, 11) is 5.41. The van der Waals surface area contributed by atoms with Crippen molar-refractivity contribution in [2.45, 2.75) is 20.0 Å². The Balaban J connectivity index is 1.92. The molecule has 25 heavy (non-hydrogen) atoms. The summed E-state index contributed by atoms with van der Waals surface area (Å²) in [6, 6.07) is 12.0. The molecule has 2 rings (SSSR count). The normalized spacial score (nSPS) is 11.1. The third-order valence-corrected chi connectivity index (χ3v) is 3.69. The zero-order valence-electron chi connectivity index (χ0n) is 15.3. The smallest absolute Gasteiger partial charge is 0.213 e. The van der Waals surface area contributed by atoms with Crippen LogP contribution in [0, 0.1) is 0 Å². The summed E-state index contributed by atoms with van der Waals surface area (Å²) in [5.74, 6) is 2.32. The van der Waals surface area contributed by atoms with Gasteiger partial charge in [-0.05, 0) is 36.2 Å². The molecule has 2 aromatic rings. The maximum Gasteiger partial charge on any atom is 0.213 e. The summed E-state index contributed by atoms with van der Waals surface area (Å²) in [6.45, 7) is 4.07. The van der Waals surface area contributed by atoms with Crippen molar-refractivity contribution in [3.05, 3.63) is 53.7 Å². The molecule has 1 heterocycles. The highest BCUT2D eigenvalue weighted by Gasteiger charge is 2.07. The van der Waals surface area contributed by atoms with Gasteiger partial charge in [0.05, 0.1) is 13.7 Å². The van der Waals surface area contributed by atoms with Gasteiger partial charge in [-0.15, -0.1) is 0 Å². The van der Waals surface area contributed by atoms with Gasteiger partial charge in [-0.1, -0.05) is 12.1 Å². The van der Waals surface area contributed by atoms with Gasteiger partial charge in [-0.25, -0.2) is 4.98 Å². The molecule has 0 amide bonds. The summed E-state index contributed by atoms with van der Waals surface area (Å²) in [6.07, 6.45) is 1.74. The predicted octanol–water partition coefficient (Wildman–Crippen LogP) is 2.70. The van der Waals surface area contributed by atoms with E-state index < -0.39 is 0 Å². The maximum absolute atomic E-state index is 5.48. The van der Waals surface area contributed by atoms with Gasteiger partial charge in [-0.3, -0.25) is 4.99 Å². The fraction of sp³-hybridized carbons (Fsp3) is 0.368. The monoisotopic (exact) mass is 342 g/mol. The van der Waals surface area contributed by atoms with E-state index in [1.165, 1.54) is 5.56 Å². The van der Waals surface area contributed by atoms with E-state index in [9.17, 15) is 0 Å². The number of guanidine groups is 1. The van der Waals surface area contributed by atoms with Crippen LogP contribution >= 0.6 is 0 Å². The molecular formula is C19H26N4O2. The van der Waals surface area contributed by atoms with Crippen LogP contribution in [0.4, 0.5) is 0 Å². The summed E-state index contributed by atoms with van der Waals surface area (Å²) < 4.78 is 10.6. The minimum atomic E-state index is 0.608. The quantitative estimate of drug-likeness (QED) is 0.619. The van der Waals surface area contributed by atoms with Crippen molar-refractivity contribution >= 4 is 5.96 Å². The Bertz CT molecular complexity index is 686. The molecule has 0 unspecified atom stereocenters. The SMILES string of the molecule is CCOc1ccc(CN(C)C(=NC)NCc2ccnc(OC)c2)cc1. The second kappa shape index (κ2) is 9.52. The largest absolute Gasteiger partial charge is 0.494 e. The lowest BCUT2D eigenvalue weighted by molar-refractivity contribution is 0.340. The molecule has 134 valence electrons. The van der Waals surface area contributed by atoms with Crippen LogP contribution in [-0.4, -0.2) is 43.7 Å². The number of methoxy groups -OCH3 is 1. The summed E-state index contributed by atoms with van der Waals surface area (Å²) in [4.78, 5) is 10.5. The number of pyridine rings is 1. The molecular weight excluding hydrogens is 316 g/mol. The molecule has 0 spiro atoms. The van der Waals surface area contributed by atoms with Crippen LogP contribution in [0.25, 0.3) is 0 Å². The van der Waals surface area contributed by atoms with Gasteiger partial charge in [0, 0.05) is 39.4 Å². The van der Waals surface area contributed by atoms with Crippen LogP contribution in [-0.2, 0) is 13.1 Å². The molecule has 0 aliphatic heterocycles.